The smallest absolute Gasteiger partial charge is 0.178 e. The molecule has 0 unspecified atom stereocenters. The maximum absolute atomic E-state index is 13.0. The molecule has 2 aromatic carbocycles. The number of hydrogen-bond acceptors (Lipinski definition) is 4. The van der Waals surface area contributed by atoms with Crippen LogP contribution in [-0.4, -0.2) is 51.8 Å². The zero-order chi connectivity index (χ0) is 25.4. The van der Waals surface area contributed by atoms with Gasteiger partial charge in [0, 0.05) is 18.8 Å². The van der Waals surface area contributed by atoms with Crippen LogP contribution in [0.5, 0.6) is 0 Å². The molecule has 0 aliphatic carbocycles. The van der Waals surface area contributed by atoms with E-state index in [0.29, 0.717) is 10.8 Å². The molecule has 198 valence electrons. The quantitative estimate of drug-likeness (QED) is 0.315. The summed E-state index contributed by atoms with van der Waals surface area (Å²) in [5.74, 6) is 1.69. The Hall–Kier alpha value is -1.85. The van der Waals surface area contributed by atoms with E-state index in [9.17, 15) is 8.42 Å². The van der Waals surface area contributed by atoms with Gasteiger partial charge >= 0.3 is 0 Å². The van der Waals surface area contributed by atoms with Gasteiger partial charge in [-0.2, -0.15) is 0 Å². The number of piperidine rings is 2. The minimum atomic E-state index is -3.24. The van der Waals surface area contributed by atoms with Crippen molar-refractivity contribution in [3.8, 4) is 0 Å². The van der Waals surface area contributed by atoms with Gasteiger partial charge in [0.25, 0.3) is 0 Å². The number of sulfone groups is 1. The second kappa shape index (κ2) is 13.1. The molecule has 0 N–H and O–H groups in total. The van der Waals surface area contributed by atoms with E-state index in [-0.39, 0.29) is 5.75 Å². The first kappa shape index (κ1) is 27.2. The molecular formula is C31H46N2O2S. The minimum absolute atomic E-state index is 0.240. The molecule has 36 heavy (non-hydrogen) atoms. The normalized spacial score (nSPS) is 18.6. The van der Waals surface area contributed by atoms with E-state index in [4.69, 9.17) is 0 Å². The van der Waals surface area contributed by atoms with Crippen LogP contribution >= 0.6 is 0 Å². The highest BCUT2D eigenvalue weighted by atomic mass is 32.2. The Bertz CT molecular complexity index is 1050. The molecule has 2 aromatic rings. The average Bonchev–Trinajstić information content (AvgIpc) is 2.90. The van der Waals surface area contributed by atoms with Gasteiger partial charge in [-0.25, -0.2) is 8.42 Å². The van der Waals surface area contributed by atoms with Crippen LogP contribution in [0, 0.1) is 5.92 Å². The van der Waals surface area contributed by atoms with E-state index < -0.39 is 9.84 Å². The topological polar surface area (TPSA) is 40.6 Å². The van der Waals surface area contributed by atoms with Gasteiger partial charge in [0.15, 0.2) is 9.84 Å². The number of aryl methyl sites for hydroxylation is 1. The zero-order valence-electron chi connectivity index (χ0n) is 22.5. The number of rotatable bonds is 11. The number of nitrogens with zero attached hydrogens (tertiary/aromatic N) is 2. The van der Waals surface area contributed by atoms with E-state index in [1.807, 2.05) is 12.1 Å². The highest BCUT2D eigenvalue weighted by Gasteiger charge is 2.21. The van der Waals surface area contributed by atoms with Crippen molar-refractivity contribution >= 4 is 15.5 Å². The Balaban J connectivity index is 1.22. The third kappa shape index (κ3) is 7.58. The first-order valence-corrected chi connectivity index (χ1v) is 16.0. The summed E-state index contributed by atoms with van der Waals surface area (Å²) in [5.41, 5.74) is 3.95. The van der Waals surface area contributed by atoms with E-state index >= 15 is 0 Å². The first-order chi connectivity index (χ1) is 17.4. The molecule has 2 heterocycles. The van der Waals surface area contributed by atoms with Crippen LogP contribution in [0.1, 0.15) is 82.3 Å². The Morgan fingerprint density at radius 1 is 0.861 bits per heavy atom. The molecule has 0 amide bonds. The van der Waals surface area contributed by atoms with Crippen molar-refractivity contribution in [2.75, 3.05) is 43.4 Å². The lowest BCUT2D eigenvalue weighted by Crippen LogP contribution is -2.33. The Morgan fingerprint density at radius 2 is 1.61 bits per heavy atom. The lowest BCUT2D eigenvalue weighted by Gasteiger charge is -2.32. The van der Waals surface area contributed by atoms with Gasteiger partial charge in [-0.3, -0.25) is 0 Å². The molecule has 0 spiro atoms. The molecular weight excluding hydrogens is 464 g/mol. The van der Waals surface area contributed by atoms with E-state index in [1.54, 1.807) is 6.07 Å². The molecule has 0 aromatic heterocycles. The fourth-order valence-electron chi connectivity index (χ4n) is 5.86. The first-order valence-electron chi connectivity index (χ1n) is 14.3. The monoisotopic (exact) mass is 510 g/mol. The van der Waals surface area contributed by atoms with Crippen LogP contribution in [0.25, 0.3) is 0 Å². The predicted octanol–water partition coefficient (Wildman–Crippen LogP) is 6.70. The second-order valence-electron chi connectivity index (χ2n) is 11.2. The highest BCUT2D eigenvalue weighted by molar-refractivity contribution is 7.91. The summed E-state index contributed by atoms with van der Waals surface area (Å²) >= 11 is 0. The number of hydrogen-bond donors (Lipinski definition) is 0. The van der Waals surface area contributed by atoms with Crippen molar-refractivity contribution < 1.29 is 8.42 Å². The van der Waals surface area contributed by atoms with Gasteiger partial charge in [0.05, 0.1) is 10.6 Å². The van der Waals surface area contributed by atoms with E-state index in [1.165, 1.54) is 62.9 Å². The van der Waals surface area contributed by atoms with Crippen molar-refractivity contribution in [1.29, 1.82) is 0 Å². The van der Waals surface area contributed by atoms with Crippen LogP contribution < -0.4 is 4.90 Å². The van der Waals surface area contributed by atoms with E-state index in [0.717, 1.165) is 50.4 Å². The van der Waals surface area contributed by atoms with Crippen molar-refractivity contribution in [3.05, 3.63) is 59.7 Å². The van der Waals surface area contributed by atoms with Crippen LogP contribution in [0.3, 0.4) is 0 Å². The highest BCUT2D eigenvalue weighted by Crippen LogP contribution is 2.29. The van der Waals surface area contributed by atoms with Gasteiger partial charge in [-0.05, 0) is 112 Å². The standard InChI is InChI=1S/C31H46N2O2S/c1-3-18-32-19-16-28(17-20-32)29-11-7-10-27(24-29)9-5-4-6-23-36(34,35)31-13-8-12-30(25-31)33-21-14-26(2)15-22-33/h7-8,10-13,24-26,28H,3-6,9,14-23H2,1-2H3. The summed E-state index contributed by atoms with van der Waals surface area (Å²) in [5, 5.41) is 0. The second-order valence-corrected chi connectivity index (χ2v) is 13.3. The minimum Gasteiger partial charge on any atom is -0.371 e. The Kier molecular flexibility index (Phi) is 9.89. The van der Waals surface area contributed by atoms with Crippen LogP contribution in [0.4, 0.5) is 5.69 Å². The molecule has 5 heteroatoms. The predicted molar refractivity (Wildman–Crippen MR) is 152 cm³/mol. The fourth-order valence-corrected chi connectivity index (χ4v) is 7.27. The third-order valence-corrected chi connectivity index (χ3v) is 10.1. The Morgan fingerprint density at radius 3 is 2.36 bits per heavy atom. The number of unbranched alkanes of at least 4 members (excludes halogenated alkanes) is 2. The lowest BCUT2D eigenvalue weighted by molar-refractivity contribution is 0.213. The zero-order valence-corrected chi connectivity index (χ0v) is 23.3. The third-order valence-electron chi connectivity index (χ3n) is 8.25. The van der Waals surface area contributed by atoms with Crippen LogP contribution in [-0.2, 0) is 16.3 Å². The van der Waals surface area contributed by atoms with Crippen LogP contribution in [0.2, 0.25) is 0 Å². The molecule has 2 aliphatic heterocycles. The summed E-state index contributed by atoms with van der Waals surface area (Å²) in [4.78, 5) is 5.41. The molecule has 0 saturated carbocycles. The fraction of sp³-hybridized carbons (Fsp3) is 0.613. The molecule has 4 rings (SSSR count). The van der Waals surface area contributed by atoms with Gasteiger partial charge in [0.2, 0.25) is 0 Å². The SMILES string of the molecule is CCCN1CCC(c2cccc(CCCCCS(=O)(=O)c3cccc(N4CCC(C)CC4)c3)c2)CC1. The summed E-state index contributed by atoms with van der Waals surface area (Å²) in [7, 11) is -3.24. The lowest BCUT2D eigenvalue weighted by atomic mass is 9.88. The summed E-state index contributed by atoms with van der Waals surface area (Å²) in [6, 6.07) is 16.8. The van der Waals surface area contributed by atoms with Crippen LogP contribution in [0.15, 0.2) is 53.4 Å². The number of likely N-dealkylation sites (tertiary alicyclic amines) is 1. The van der Waals surface area contributed by atoms with Crippen molar-refractivity contribution in [3.63, 3.8) is 0 Å². The van der Waals surface area contributed by atoms with Crippen molar-refractivity contribution in [2.24, 2.45) is 5.92 Å². The summed E-state index contributed by atoms with van der Waals surface area (Å²) in [6.45, 7) is 10.3. The van der Waals surface area contributed by atoms with Crippen molar-refractivity contribution in [2.45, 2.75) is 82.4 Å². The molecule has 2 fully saturated rings. The van der Waals surface area contributed by atoms with Gasteiger partial charge < -0.3 is 9.80 Å². The number of anilines is 1. The summed E-state index contributed by atoms with van der Waals surface area (Å²) in [6.07, 6.45) is 9.87. The average molecular weight is 511 g/mol. The molecule has 2 saturated heterocycles. The van der Waals surface area contributed by atoms with Gasteiger partial charge in [-0.15, -0.1) is 0 Å². The van der Waals surface area contributed by atoms with E-state index in [2.05, 4.69) is 54.0 Å². The maximum Gasteiger partial charge on any atom is 0.178 e. The van der Waals surface area contributed by atoms with Gasteiger partial charge in [-0.1, -0.05) is 50.6 Å². The Labute approximate surface area is 220 Å². The molecule has 4 nitrogen and oxygen atoms in total. The van der Waals surface area contributed by atoms with Gasteiger partial charge in [0.1, 0.15) is 0 Å². The molecule has 0 radical (unpaired) electrons. The van der Waals surface area contributed by atoms with Crippen molar-refractivity contribution in [1.82, 2.24) is 4.90 Å². The maximum atomic E-state index is 13.0. The molecule has 0 bridgehead atoms. The summed E-state index contributed by atoms with van der Waals surface area (Å²) < 4.78 is 26.0. The largest absolute Gasteiger partial charge is 0.371 e. The number of benzene rings is 2. The molecule has 0 atom stereocenters. The molecule has 2 aliphatic rings.